The first-order valence-electron chi connectivity index (χ1n) is 10.7. The second-order valence-electron chi connectivity index (χ2n) is 7.51. The minimum absolute atomic E-state index is 0.0174. The molecule has 10 nitrogen and oxygen atoms in total. The lowest BCUT2D eigenvalue weighted by atomic mass is 9.97. The molecule has 37 heavy (non-hydrogen) atoms. The quantitative estimate of drug-likeness (QED) is 0.177. The van der Waals surface area contributed by atoms with E-state index in [1.807, 2.05) is 12.1 Å². The summed E-state index contributed by atoms with van der Waals surface area (Å²) in [5.41, 5.74) is 8.52. The molecule has 0 aliphatic rings. The van der Waals surface area contributed by atoms with Gasteiger partial charge in [0.25, 0.3) is 5.69 Å². The van der Waals surface area contributed by atoms with Crippen LogP contribution in [0, 0.1) is 32.8 Å². The lowest BCUT2D eigenvalue weighted by Gasteiger charge is -2.12. The number of nitro benzene ring substituents is 1. The van der Waals surface area contributed by atoms with E-state index in [-0.39, 0.29) is 35.0 Å². The summed E-state index contributed by atoms with van der Waals surface area (Å²) in [6.07, 6.45) is 0.101. The van der Waals surface area contributed by atoms with Crippen molar-refractivity contribution in [3.63, 3.8) is 0 Å². The molecule has 182 valence electrons. The molecule has 3 N–H and O–H groups in total. The van der Waals surface area contributed by atoms with Crippen molar-refractivity contribution in [3.05, 3.63) is 81.2 Å². The molecule has 2 heterocycles. The number of thiazole rings is 1. The van der Waals surface area contributed by atoms with Gasteiger partial charge in [0.1, 0.15) is 28.5 Å². The van der Waals surface area contributed by atoms with E-state index in [9.17, 15) is 25.4 Å². The molecule has 0 saturated heterocycles. The number of nitrogen functional groups attached to an aromatic ring is 1. The molecule has 0 unspecified atom stereocenters. The molecule has 2 aromatic carbocycles. The Bertz CT molecular complexity index is 1570. The summed E-state index contributed by atoms with van der Waals surface area (Å²) in [7, 11) is 0. The first kappa shape index (κ1) is 25.3. The van der Waals surface area contributed by atoms with Gasteiger partial charge in [0.05, 0.1) is 16.2 Å². The summed E-state index contributed by atoms with van der Waals surface area (Å²) in [5, 5.41) is 35.6. The summed E-state index contributed by atoms with van der Waals surface area (Å²) < 4.78 is 0. The Balaban J connectivity index is 1.44. The van der Waals surface area contributed by atoms with Crippen molar-refractivity contribution >= 4 is 45.6 Å². The van der Waals surface area contributed by atoms with Crippen LogP contribution < -0.4 is 11.1 Å². The van der Waals surface area contributed by atoms with Crippen LogP contribution in [0.25, 0.3) is 22.4 Å². The number of nitrogens with zero attached hydrogens (tertiary/aromatic N) is 5. The number of pyridine rings is 1. The van der Waals surface area contributed by atoms with E-state index in [4.69, 9.17) is 5.73 Å². The van der Waals surface area contributed by atoms with Gasteiger partial charge >= 0.3 is 0 Å². The summed E-state index contributed by atoms with van der Waals surface area (Å²) >= 11 is 2.40. The fourth-order valence-electron chi connectivity index (χ4n) is 3.46. The van der Waals surface area contributed by atoms with Gasteiger partial charge in [-0.05, 0) is 5.56 Å². The molecule has 1 amide bonds. The number of amides is 1. The molecule has 0 spiro atoms. The second-order valence-corrected chi connectivity index (χ2v) is 9.45. The van der Waals surface area contributed by atoms with Gasteiger partial charge in [0.2, 0.25) is 5.91 Å². The Morgan fingerprint density at radius 3 is 2.51 bits per heavy atom. The first-order valence-corrected chi connectivity index (χ1v) is 12.6. The van der Waals surface area contributed by atoms with Gasteiger partial charge in [0, 0.05) is 40.8 Å². The smallest absolute Gasteiger partial charge is 0.270 e. The zero-order valence-corrected chi connectivity index (χ0v) is 20.7. The third-order valence-corrected chi connectivity index (χ3v) is 6.88. The van der Waals surface area contributed by atoms with Crippen molar-refractivity contribution in [2.75, 3.05) is 16.8 Å². The van der Waals surface area contributed by atoms with Gasteiger partial charge in [-0.25, -0.2) is 9.97 Å². The maximum Gasteiger partial charge on any atom is 0.270 e. The molecular weight excluding hydrogens is 510 g/mol. The number of carbonyl (C=O) groups is 1. The lowest BCUT2D eigenvalue weighted by molar-refractivity contribution is -0.384. The van der Waals surface area contributed by atoms with Crippen LogP contribution in [0.3, 0.4) is 0 Å². The van der Waals surface area contributed by atoms with E-state index >= 15 is 0 Å². The second kappa shape index (κ2) is 11.3. The number of nitro groups is 1. The van der Waals surface area contributed by atoms with E-state index in [0.717, 1.165) is 0 Å². The number of carbonyl (C=O) groups excluding carboxylic acids is 1. The molecule has 4 aromatic rings. The molecular formula is C25H17N7O3S2. The molecule has 0 aliphatic heterocycles. The fraction of sp³-hybridized carbons (Fsp3) is 0.0800. The molecule has 0 atom stereocenters. The minimum Gasteiger partial charge on any atom is -0.383 e. The van der Waals surface area contributed by atoms with Crippen LogP contribution in [0.2, 0.25) is 0 Å². The maximum absolute atomic E-state index is 12.5. The topological polar surface area (TPSA) is 172 Å². The Kier molecular flexibility index (Phi) is 7.74. The van der Waals surface area contributed by atoms with Gasteiger partial charge in [-0.2, -0.15) is 10.5 Å². The Morgan fingerprint density at radius 1 is 1.08 bits per heavy atom. The number of benzene rings is 2. The zero-order chi connectivity index (χ0) is 26.4. The third kappa shape index (κ3) is 5.73. The molecule has 4 rings (SSSR count). The number of hydrogen-bond acceptors (Lipinski definition) is 10. The fourth-order valence-corrected chi connectivity index (χ4v) is 5.13. The highest BCUT2D eigenvalue weighted by Crippen LogP contribution is 2.35. The van der Waals surface area contributed by atoms with E-state index in [0.29, 0.717) is 38.3 Å². The molecule has 2 aromatic heterocycles. The predicted octanol–water partition coefficient (Wildman–Crippen LogP) is 5.23. The predicted molar refractivity (Wildman–Crippen MR) is 142 cm³/mol. The van der Waals surface area contributed by atoms with E-state index in [1.165, 1.54) is 35.2 Å². The number of nitrogens with one attached hydrogen (secondary N) is 1. The summed E-state index contributed by atoms with van der Waals surface area (Å²) in [4.78, 5) is 31.6. The highest BCUT2D eigenvalue weighted by Gasteiger charge is 2.20. The number of nitriles is 2. The molecule has 0 radical (unpaired) electrons. The number of thioether (sulfide) groups is 1. The van der Waals surface area contributed by atoms with Crippen molar-refractivity contribution in [2.45, 2.75) is 11.4 Å². The minimum atomic E-state index is -0.479. The lowest BCUT2D eigenvalue weighted by Crippen LogP contribution is -2.12. The highest BCUT2D eigenvalue weighted by molar-refractivity contribution is 7.99. The standard InChI is InChI=1S/C25H17N7O3S2/c26-12-18-22(15-5-2-1-3-6-15)19(13-27)24(31-23(18)28)36-10-9-21(33)30-25-29-20(14-37-25)16-7-4-8-17(11-16)32(34)35/h1-8,11,14H,9-10H2,(H2,28,31)(H,29,30,33). The Hall–Kier alpha value is -4.78. The van der Waals surface area contributed by atoms with Gasteiger partial charge in [-0.3, -0.25) is 14.9 Å². The van der Waals surface area contributed by atoms with Crippen LogP contribution in [0.4, 0.5) is 16.6 Å². The van der Waals surface area contributed by atoms with E-state index in [2.05, 4.69) is 21.4 Å². The monoisotopic (exact) mass is 527 g/mol. The maximum atomic E-state index is 12.5. The largest absolute Gasteiger partial charge is 0.383 e. The zero-order valence-electron chi connectivity index (χ0n) is 19.0. The molecule has 0 saturated carbocycles. The normalized spacial score (nSPS) is 10.3. The average molecular weight is 528 g/mol. The van der Waals surface area contributed by atoms with Crippen LogP contribution >= 0.6 is 23.1 Å². The van der Waals surface area contributed by atoms with E-state index < -0.39 is 4.92 Å². The number of rotatable bonds is 8. The van der Waals surface area contributed by atoms with Crippen LogP contribution in [0.5, 0.6) is 0 Å². The number of hydrogen-bond donors (Lipinski definition) is 2. The first-order chi connectivity index (χ1) is 17.9. The molecule has 0 bridgehead atoms. The molecule has 12 heteroatoms. The van der Waals surface area contributed by atoms with Gasteiger partial charge in [-0.15, -0.1) is 23.1 Å². The third-order valence-electron chi connectivity index (χ3n) is 5.15. The van der Waals surface area contributed by atoms with Crippen molar-refractivity contribution in [1.82, 2.24) is 9.97 Å². The van der Waals surface area contributed by atoms with Crippen molar-refractivity contribution < 1.29 is 9.72 Å². The Labute approximate surface area is 219 Å². The number of aromatic nitrogens is 2. The van der Waals surface area contributed by atoms with Gasteiger partial charge in [0.15, 0.2) is 5.13 Å². The van der Waals surface area contributed by atoms with Gasteiger partial charge < -0.3 is 11.1 Å². The van der Waals surface area contributed by atoms with Crippen molar-refractivity contribution in [1.29, 1.82) is 10.5 Å². The average Bonchev–Trinajstić information content (AvgIpc) is 3.37. The van der Waals surface area contributed by atoms with Crippen LogP contribution in [-0.2, 0) is 4.79 Å². The van der Waals surface area contributed by atoms with E-state index in [1.54, 1.807) is 41.8 Å². The number of nitrogens with two attached hydrogens (primary N) is 1. The SMILES string of the molecule is N#Cc1c(N)nc(SCCC(=O)Nc2nc(-c3cccc([N+](=O)[O-])c3)cs2)c(C#N)c1-c1ccccc1. The molecule has 0 fully saturated rings. The summed E-state index contributed by atoms with van der Waals surface area (Å²) in [6.45, 7) is 0. The van der Waals surface area contributed by atoms with Crippen molar-refractivity contribution in [2.24, 2.45) is 0 Å². The van der Waals surface area contributed by atoms with Crippen LogP contribution in [0.1, 0.15) is 17.5 Å². The number of anilines is 2. The Morgan fingerprint density at radius 2 is 1.81 bits per heavy atom. The number of non-ortho nitro benzene ring substituents is 1. The summed E-state index contributed by atoms with van der Waals surface area (Å²) in [5.74, 6) is 0.0236. The van der Waals surface area contributed by atoms with Crippen molar-refractivity contribution in [3.8, 4) is 34.5 Å². The molecule has 0 aliphatic carbocycles. The summed E-state index contributed by atoms with van der Waals surface area (Å²) in [6, 6.07) is 19.3. The van der Waals surface area contributed by atoms with Gasteiger partial charge in [-0.1, -0.05) is 42.5 Å². The van der Waals surface area contributed by atoms with Crippen LogP contribution in [-0.4, -0.2) is 26.6 Å². The highest BCUT2D eigenvalue weighted by atomic mass is 32.2. The van der Waals surface area contributed by atoms with Crippen LogP contribution in [0.15, 0.2) is 65.0 Å².